The fourth-order valence-electron chi connectivity index (χ4n) is 3.03. The first-order valence-electron chi connectivity index (χ1n) is 7.92. The summed E-state index contributed by atoms with van der Waals surface area (Å²) in [7, 11) is 0. The maximum atomic E-state index is 11.1. The normalized spacial score (nSPS) is 21.6. The molecule has 0 spiro atoms. The van der Waals surface area contributed by atoms with Crippen molar-refractivity contribution in [2.45, 2.75) is 51.7 Å². The highest BCUT2D eigenvalue weighted by Gasteiger charge is 2.27. The minimum Gasteiger partial charge on any atom is -0.447 e. The molecule has 1 aromatic heterocycles. The Morgan fingerprint density at radius 1 is 1.50 bits per heavy atom. The summed E-state index contributed by atoms with van der Waals surface area (Å²) in [6.07, 6.45) is 7.45. The van der Waals surface area contributed by atoms with Crippen molar-refractivity contribution in [2.75, 3.05) is 13.1 Å². The second-order valence-corrected chi connectivity index (χ2v) is 6.33. The summed E-state index contributed by atoms with van der Waals surface area (Å²) in [5.41, 5.74) is 0.573. The predicted octanol–water partition coefficient (Wildman–Crippen LogP) is 1.54. The molecule has 1 fully saturated rings. The molecule has 0 aromatic carbocycles. The number of hydrogen-bond donors (Lipinski definition) is 1. The molecule has 1 aliphatic heterocycles. The quantitative estimate of drug-likeness (QED) is 0.680. The number of piperidine rings is 1. The third kappa shape index (κ3) is 4.85. The van der Waals surface area contributed by atoms with Crippen LogP contribution in [0.15, 0.2) is 24.5 Å². The average molecular weight is 301 g/mol. The van der Waals surface area contributed by atoms with Crippen LogP contribution in [0.2, 0.25) is 0 Å². The molecular weight excluding hydrogens is 276 g/mol. The van der Waals surface area contributed by atoms with Gasteiger partial charge in [-0.25, -0.2) is 0 Å². The zero-order valence-corrected chi connectivity index (χ0v) is 13.7. The summed E-state index contributed by atoms with van der Waals surface area (Å²) >= 11 is 0. The molecule has 0 amide bonds. The molecular formula is C18H25N2O2+. The number of esters is 1. The van der Waals surface area contributed by atoms with Crippen LogP contribution >= 0.6 is 0 Å². The minimum atomic E-state index is -0.717. The molecule has 0 radical (unpaired) electrons. The van der Waals surface area contributed by atoms with Gasteiger partial charge >= 0.3 is 5.97 Å². The lowest BCUT2D eigenvalue weighted by molar-refractivity contribution is -0.930. The van der Waals surface area contributed by atoms with Crippen molar-refractivity contribution in [1.29, 1.82) is 0 Å². The Hall–Kier alpha value is -1.86. The Balaban J connectivity index is 2.03. The third-order valence-corrected chi connectivity index (χ3v) is 3.92. The van der Waals surface area contributed by atoms with Gasteiger partial charge in [0.1, 0.15) is 12.6 Å². The lowest BCUT2D eigenvalue weighted by Crippen LogP contribution is -3.13. The van der Waals surface area contributed by atoms with Crippen LogP contribution in [-0.2, 0) is 9.53 Å². The monoisotopic (exact) mass is 301 g/mol. The van der Waals surface area contributed by atoms with Crippen molar-refractivity contribution in [1.82, 2.24) is 4.98 Å². The van der Waals surface area contributed by atoms with Gasteiger partial charge in [0, 0.05) is 31.3 Å². The van der Waals surface area contributed by atoms with E-state index in [4.69, 9.17) is 4.74 Å². The van der Waals surface area contributed by atoms with Crippen molar-refractivity contribution in [2.24, 2.45) is 0 Å². The van der Waals surface area contributed by atoms with Gasteiger partial charge in [-0.15, -0.1) is 0 Å². The molecule has 1 saturated heterocycles. The van der Waals surface area contributed by atoms with Gasteiger partial charge in [-0.05, 0) is 38.7 Å². The lowest BCUT2D eigenvalue weighted by Gasteiger charge is -2.31. The largest absolute Gasteiger partial charge is 0.447 e. The molecule has 1 aliphatic rings. The molecule has 2 rings (SSSR count). The van der Waals surface area contributed by atoms with Gasteiger partial charge in [-0.3, -0.25) is 9.78 Å². The number of quaternary nitrogens is 1. The predicted molar refractivity (Wildman–Crippen MR) is 85.1 cm³/mol. The summed E-state index contributed by atoms with van der Waals surface area (Å²) in [5.74, 6) is 6.00. The molecule has 0 bridgehead atoms. The van der Waals surface area contributed by atoms with Crippen molar-refractivity contribution in [3.8, 4) is 11.8 Å². The van der Waals surface area contributed by atoms with E-state index < -0.39 is 5.60 Å². The SMILES string of the molecule is CC(=O)OC(C)(C)C#CC[NH+]1CCCC[C@H]1c1cccnc1. The maximum absolute atomic E-state index is 11.1. The van der Waals surface area contributed by atoms with Crippen molar-refractivity contribution in [3.63, 3.8) is 0 Å². The Morgan fingerprint density at radius 2 is 2.32 bits per heavy atom. The Bertz CT molecular complexity index is 557. The molecule has 4 heteroatoms. The number of nitrogens with zero attached hydrogens (tertiary/aromatic N) is 1. The van der Waals surface area contributed by atoms with E-state index in [2.05, 4.69) is 22.9 Å². The maximum Gasteiger partial charge on any atom is 0.304 e. The number of carbonyl (C=O) groups excluding carboxylic acids is 1. The fraction of sp³-hybridized carbons (Fsp3) is 0.556. The van der Waals surface area contributed by atoms with Crippen LogP contribution in [0.1, 0.15) is 51.6 Å². The first-order chi connectivity index (χ1) is 10.5. The molecule has 22 heavy (non-hydrogen) atoms. The van der Waals surface area contributed by atoms with Crippen molar-refractivity contribution < 1.29 is 14.4 Å². The van der Waals surface area contributed by atoms with Gasteiger partial charge in [0.05, 0.1) is 6.54 Å². The van der Waals surface area contributed by atoms with Crippen LogP contribution in [-0.4, -0.2) is 29.6 Å². The van der Waals surface area contributed by atoms with Gasteiger partial charge < -0.3 is 9.64 Å². The van der Waals surface area contributed by atoms with E-state index in [9.17, 15) is 4.79 Å². The first-order valence-corrected chi connectivity index (χ1v) is 7.92. The highest BCUT2D eigenvalue weighted by molar-refractivity contribution is 5.66. The minimum absolute atomic E-state index is 0.294. The molecule has 4 nitrogen and oxygen atoms in total. The average Bonchev–Trinajstić information content (AvgIpc) is 2.47. The first kappa shape index (κ1) is 16.5. The number of pyridine rings is 1. The second kappa shape index (κ2) is 7.42. The van der Waals surface area contributed by atoms with E-state index in [0.29, 0.717) is 6.04 Å². The Morgan fingerprint density at radius 3 is 3.00 bits per heavy atom. The smallest absolute Gasteiger partial charge is 0.304 e. The van der Waals surface area contributed by atoms with Crippen LogP contribution < -0.4 is 4.90 Å². The van der Waals surface area contributed by atoms with Crippen LogP contribution in [0.5, 0.6) is 0 Å². The lowest BCUT2D eigenvalue weighted by atomic mass is 9.96. The van der Waals surface area contributed by atoms with Gasteiger partial charge in [0.25, 0.3) is 0 Å². The van der Waals surface area contributed by atoms with Crippen LogP contribution in [0.25, 0.3) is 0 Å². The number of nitrogens with one attached hydrogen (secondary N) is 1. The van der Waals surface area contributed by atoms with Gasteiger partial charge in [-0.1, -0.05) is 12.0 Å². The topological polar surface area (TPSA) is 43.6 Å². The zero-order valence-electron chi connectivity index (χ0n) is 13.7. The van der Waals surface area contributed by atoms with E-state index in [1.165, 1.54) is 36.6 Å². The molecule has 1 N–H and O–H groups in total. The van der Waals surface area contributed by atoms with E-state index >= 15 is 0 Å². The number of carbonyl (C=O) groups is 1. The summed E-state index contributed by atoms with van der Waals surface area (Å²) in [4.78, 5) is 16.8. The Labute approximate surface area is 132 Å². The summed E-state index contributed by atoms with van der Waals surface area (Å²) in [6.45, 7) is 6.96. The molecule has 118 valence electrons. The molecule has 1 unspecified atom stereocenters. The summed E-state index contributed by atoms with van der Waals surface area (Å²) in [5, 5.41) is 0. The summed E-state index contributed by atoms with van der Waals surface area (Å²) in [6, 6.07) is 4.62. The van der Waals surface area contributed by atoms with Crippen molar-refractivity contribution >= 4 is 5.97 Å². The summed E-state index contributed by atoms with van der Waals surface area (Å²) < 4.78 is 5.21. The van der Waals surface area contributed by atoms with Crippen LogP contribution in [0.4, 0.5) is 0 Å². The van der Waals surface area contributed by atoms with E-state index in [0.717, 1.165) is 13.1 Å². The Kier molecular flexibility index (Phi) is 5.57. The highest BCUT2D eigenvalue weighted by Crippen LogP contribution is 2.18. The number of rotatable bonds is 3. The van der Waals surface area contributed by atoms with E-state index in [1.54, 1.807) is 0 Å². The zero-order chi connectivity index (χ0) is 16.0. The fourth-order valence-corrected chi connectivity index (χ4v) is 3.03. The highest BCUT2D eigenvalue weighted by atomic mass is 16.6. The van der Waals surface area contributed by atoms with Gasteiger partial charge in [0.15, 0.2) is 5.60 Å². The molecule has 2 heterocycles. The van der Waals surface area contributed by atoms with Crippen molar-refractivity contribution in [3.05, 3.63) is 30.1 Å². The molecule has 0 aliphatic carbocycles. The van der Waals surface area contributed by atoms with E-state index in [1.807, 2.05) is 32.3 Å². The number of aromatic nitrogens is 1. The second-order valence-electron chi connectivity index (χ2n) is 6.33. The molecule has 1 aromatic rings. The standard InChI is InChI=1S/C18H24N2O2/c1-15(21)22-18(2,3)10-7-13-20-12-5-4-9-17(20)16-8-6-11-19-14-16/h6,8,11,14,17H,4-5,9,12-13H2,1-3H3/p+1/t17-/m0/s1. The number of ether oxygens (including phenoxy) is 1. The third-order valence-electron chi connectivity index (χ3n) is 3.92. The van der Waals surface area contributed by atoms with E-state index in [-0.39, 0.29) is 5.97 Å². The number of likely N-dealkylation sites (tertiary alicyclic amines) is 1. The van der Waals surface area contributed by atoms with Crippen LogP contribution in [0.3, 0.4) is 0 Å². The molecule has 0 saturated carbocycles. The van der Waals surface area contributed by atoms with Gasteiger partial charge in [0.2, 0.25) is 0 Å². The molecule has 2 atom stereocenters. The van der Waals surface area contributed by atoms with Gasteiger partial charge in [-0.2, -0.15) is 0 Å². The number of hydrogen-bond acceptors (Lipinski definition) is 3. The van der Waals surface area contributed by atoms with Crippen LogP contribution in [0, 0.1) is 11.8 Å².